The third kappa shape index (κ3) is 4.31. The van der Waals surface area contributed by atoms with Gasteiger partial charge in [0.1, 0.15) is 11.3 Å². The fourth-order valence-corrected chi connectivity index (χ4v) is 3.54. The van der Waals surface area contributed by atoms with Crippen LogP contribution in [0, 0.1) is 11.3 Å². The van der Waals surface area contributed by atoms with Crippen molar-refractivity contribution in [1.82, 2.24) is 4.90 Å². The Labute approximate surface area is 155 Å². The van der Waals surface area contributed by atoms with Gasteiger partial charge in [-0.2, -0.15) is 5.26 Å². The molecule has 1 aromatic rings. The molecule has 134 valence electrons. The molecule has 2 rings (SSSR count). The van der Waals surface area contributed by atoms with Gasteiger partial charge in [0, 0.05) is 7.05 Å². The summed E-state index contributed by atoms with van der Waals surface area (Å²) in [5.41, 5.74) is -0.471. The van der Waals surface area contributed by atoms with Crippen molar-refractivity contribution in [2.45, 2.75) is 37.6 Å². The zero-order chi connectivity index (χ0) is 18.4. The number of nitrogens with zero attached hydrogens (tertiary/aromatic N) is 2. The fourth-order valence-electron chi connectivity index (χ4n) is 3.00. The van der Waals surface area contributed by atoms with E-state index in [9.17, 15) is 14.9 Å². The molecular weight excluding hydrogens is 388 g/mol. The number of benzene rings is 1. The van der Waals surface area contributed by atoms with Gasteiger partial charge in [-0.25, -0.2) is 4.79 Å². The zero-order valence-corrected chi connectivity index (χ0v) is 16.0. The first-order chi connectivity index (χ1) is 11.9. The minimum absolute atomic E-state index is 0.316. The van der Waals surface area contributed by atoms with E-state index in [2.05, 4.69) is 22.0 Å². The second kappa shape index (κ2) is 8.34. The quantitative estimate of drug-likeness (QED) is 0.698. The van der Waals surface area contributed by atoms with Gasteiger partial charge in [-0.3, -0.25) is 4.79 Å². The lowest BCUT2D eigenvalue weighted by Gasteiger charge is -2.38. The van der Waals surface area contributed by atoms with Crippen LogP contribution >= 0.6 is 15.9 Å². The lowest BCUT2D eigenvalue weighted by Crippen LogP contribution is -2.51. The summed E-state index contributed by atoms with van der Waals surface area (Å²) in [5.74, 6) is -0.371. The van der Waals surface area contributed by atoms with Crippen LogP contribution in [0.25, 0.3) is 0 Å². The topological polar surface area (TPSA) is 79.6 Å². The molecule has 1 saturated carbocycles. The van der Waals surface area contributed by atoms with Gasteiger partial charge in [0.15, 0.2) is 6.61 Å². The Balaban J connectivity index is 1.98. The Morgan fingerprint density at radius 3 is 2.56 bits per heavy atom. The SMILES string of the molecule is COc1ccc(C(=O)OCC(=O)N(C)C2(C#N)CCCCC2)cc1Br. The van der Waals surface area contributed by atoms with Crippen LogP contribution < -0.4 is 4.74 Å². The Hall–Kier alpha value is -2.07. The van der Waals surface area contributed by atoms with Gasteiger partial charge < -0.3 is 14.4 Å². The molecule has 6 nitrogen and oxygen atoms in total. The Bertz CT molecular complexity index is 693. The second-order valence-electron chi connectivity index (χ2n) is 6.08. The van der Waals surface area contributed by atoms with Crippen molar-refractivity contribution in [2.75, 3.05) is 20.8 Å². The third-order valence-corrected chi connectivity index (χ3v) is 5.24. The molecule has 1 aliphatic rings. The summed E-state index contributed by atoms with van der Waals surface area (Å²) in [6.07, 6.45) is 4.23. The van der Waals surface area contributed by atoms with E-state index in [0.29, 0.717) is 28.6 Å². The molecule has 0 aromatic heterocycles. The highest BCUT2D eigenvalue weighted by Gasteiger charge is 2.39. The maximum absolute atomic E-state index is 12.4. The first-order valence-corrected chi connectivity index (χ1v) is 8.91. The zero-order valence-electron chi connectivity index (χ0n) is 14.4. The van der Waals surface area contributed by atoms with E-state index in [1.165, 1.54) is 12.0 Å². The minimum atomic E-state index is -0.787. The highest BCUT2D eigenvalue weighted by molar-refractivity contribution is 9.10. The molecule has 0 radical (unpaired) electrons. The van der Waals surface area contributed by atoms with Gasteiger partial charge in [0.25, 0.3) is 5.91 Å². The van der Waals surface area contributed by atoms with Crippen molar-refractivity contribution in [1.29, 1.82) is 5.26 Å². The van der Waals surface area contributed by atoms with Crippen LogP contribution in [-0.4, -0.2) is 43.1 Å². The number of rotatable bonds is 5. The third-order valence-electron chi connectivity index (χ3n) is 4.62. The molecule has 0 bridgehead atoms. The molecule has 1 amide bonds. The van der Waals surface area contributed by atoms with Crippen molar-refractivity contribution < 1.29 is 19.1 Å². The molecule has 25 heavy (non-hydrogen) atoms. The molecule has 0 atom stereocenters. The van der Waals surface area contributed by atoms with Crippen LogP contribution in [0.15, 0.2) is 22.7 Å². The number of halogens is 1. The number of carbonyl (C=O) groups is 2. The number of carbonyl (C=O) groups excluding carboxylic acids is 2. The number of hydrogen-bond donors (Lipinski definition) is 0. The number of hydrogen-bond acceptors (Lipinski definition) is 5. The maximum atomic E-state index is 12.4. The highest BCUT2D eigenvalue weighted by Crippen LogP contribution is 2.32. The van der Waals surface area contributed by atoms with E-state index in [1.54, 1.807) is 25.2 Å². The Kier molecular flexibility index (Phi) is 6.43. The fraction of sp³-hybridized carbons (Fsp3) is 0.500. The number of nitriles is 1. The summed E-state index contributed by atoms with van der Waals surface area (Å²) in [6.45, 7) is -0.386. The van der Waals surface area contributed by atoms with E-state index in [0.717, 1.165) is 19.3 Å². The van der Waals surface area contributed by atoms with Crippen molar-refractivity contribution >= 4 is 27.8 Å². The van der Waals surface area contributed by atoms with Crippen LogP contribution in [-0.2, 0) is 9.53 Å². The largest absolute Gasteiger partial charge is 0.496 e. The minimum Gasteiger partial charge on any atom is -0.496 e. The van der Waals surface area contributed by atoms with E-state index in [-0.39, 0.29) is 12.5 Å². The molecule has 0 heterocycles. The maximum Gasteiger partial charge on any atom is 0.338 e. The molecule has 1 fully saturated rings. The molecule has 0 spiro atoms. The molecule has 0 aliphatic heterocycles. The van der Waals surface area contributed by atoms with Gasteiger partial charge in [-0.1, -0.05) is 19.3 Å². The van der Waals surface area contributed by atoms with Gasteiger partial charge in [0.2, 0.25) is 0 Å². The summed E-state index contributed by atoms with van der Waals surface area (Å²) in [5, 5.41) is 9.53. The summed E-state index contributed by atoms with van der Waals surface area (Å²) >= 11 is 3.30. The Morgan fingerprint density at radius 2 is 2.00 bits per heavy atom. The number of methoxy groups -OCH3 is 1. The summed E-state index contributed by atoms with van der Waals surface area (Å²) in [4.78, 5) is 25.9. The molecule has 7 heteroatoms. The average Bonchev–Trinajstić information content (AvgIpc) is 2.65. The van der Waals surface area contributed by atoms with Gasteiger partial charge in [-0.05, 0) is 47.0 Å². The lowest BCUT2D eigenvalue weighted by molar-refractivity contribution is -0.138. The lowest BCUT2D eigenvalue weighted by atomic mass is 9.81. The summed E-state index contributed by atoms with van der Waals surface area (Å²) < 4.78 is 10.9. The number of esters is 1. The smallest absolute Gasteiger partial charge is 0.338 e. The van der Waals surface area contributed by atoms with E-state index in [4.69, 9.17) is 9.47 Å². The van der Waals surface area contributed by atoms with Crippen LogP contribution in [0.1, 0.15) is 42.5 Å². The monoisotopic (exact) mass is 408 g/mol. The van der Waals surface area contributed by atoms with E-state index < -0.39 is 11.5 Å². The summed E-state index contributed by atoms with van der Waals surface area (Å²) in [6, 6.07) is 7.07. The second-order valence-corrected chi connectivity index (χ2v) is 6.94. The molecule has 1 aromatic carbocycles. The molecule has 0 N–H and O–H groups in total. The van der Waals surface area contributed by atoms with Crippen LogP contribution in [0.3, 0.4) is 0 Å². The van der Waals surface area contributed by atoms with Gasteiger partial charge >= 0.3 is 5.97 Å². The highest BCUT2D eigenvalue weighted by atomic mass is 79.9. The van der Waals surface area contributed by atoms with Crippen molar-refractivity contribution in [3.05, 3.63) is 28.2 Å². The molecular formula is C18H21BrN2O4. The van der Waals surface area contributed by atoms with Crippen molar-refractivity contribution in [3.8, 4) is 11.8 Å². The first-order valence-electron chi connectivity index (χ1n) is 8.12. The summed E-state index contributed by atoms with van der Waals surface area (Å²) in [7, 11) is 3.14. The predicted octanol–water partition coefficient (Wildman–Crippen LogP) is 3.30. The number of amides is 1. The van der Waals surface area contributed by atoms with Crippen LogP contribution in [0.5, 0.6) is 5.75 Å². The molecule has 1 aliphatic carbocycles. The molecule has 0 unspecified atom stereocenters. The van der Waals surface area contributed by atoms with Crippen molar-refractivity contribution in [3.63, 3.8) is 0 Å². The van der Waals surface area contributed by atoms with Crippen molar-refractivity contribution in [2.24, 2.45) is 0 Å². The van der Waals surface area contributed by atoms with E-state index in [1.807, 2.05) is 0 Å². The standard InChI is InChI=1S/C18H21BrN2O4/c1-21(18(12-20)8-4-3-5-9-18)16(22)11-25-17(23)13-6-7-15(24-2)14(19)10-13/h6-7,10H,3-5,8-9,11H2,1-2H3. The van der Waals surface area contributed by atoms with Gasteiger partial charge in [-0.15, -0.1) is 0 Å². The number of likely N-dealkylation sites (N-methyl/N-ethyl adjacent to an activating group) is 1. The number of ether oxygens (including phenoxy) is 2. The van der Waals surface area contributed by atoms with Crippen LogP contribution in [0.4, 0.5) is 0 Å². The Morgan fingerprint density at radius 1 is 1.32 bits per heavy atom. The van der Waals surface area contributed by atoms with E-state index >= 15 is 0 Å². The van der Waals surface area contributed by atoms with Crippen LogP contribution in [0.2, 0.25) is 0 Å². The predicted molar refractivity (Wildman–Crippen MR) is 95.2 cm³/mol. The molecule has 0 saturated heterocycles. The average molecular weight is 409 g/mol. The van der Waals surface area contributed by atoms with Gasteiger partial charge in [0.05, 0.1) is 23.2 Å². The normalized spacial score (nSPS) is 15.8. The first kappa shape index (κ1) is 19.3.